The number of hydrogen-bond donors (Lipinski definition) is 1. The van der Waals surface area contributed by atoms with Crippen LogP contribution in [0, 0.1) is 24.0 Å². The standard InChI is InChI=1S/C23H25N5O6/c1-15-13-20(29)22(25-27(15)17-5-3-4-6-18(17)28(31)32)23(30)24-14-19(21-8-7-16(2)34-21)26-9-11-33-12-10-26/h3-8,13,19H,9-12,14H2,1-2H3,(H,24,30). The molecule has 178 valence electrons. The van der Waals surface area contributed by atoms with E-state index in [9.17, 15) is 19.7 Å². The molecule has 1 aliphatic heterocycles. The van der Waals surface area contributed by atoms with Crippen molar-refractivity contribution in [1.29, 1.82) is 0 Å². The van der Waals surface area contributed by atoms with Gasteiger partial charge in [-0.1, -0.05) is 12.1 Å². The monoisotopic (exact) mass is 467 g/mol. The van der Waals surface area contributed by atoms with E-state index in [4.69, 9.17) is 9.15 Å². The Morgan fingerprint density at radius 3 is 2.62 bits per heavy atom. The molecule has 3 heterocycles. The van der Waals surface area contributed by atoms with Crippen LogP contribution in [-0.4, -0.2) is 58.4 Å². The largest absolute Gasteiger partial charge is 0.465 e. The van der Waals surface area contributed by atoms with E-state index < -0.39 is 16.3 Å². The SMILES string of the molecule is Cc1ccc(C(CNC(=O)c2nn(-c3ccccc3[N+](=O)[O-])c(C)cc2=O)N2CCOCC2)o1. The molecule has 1 aromatic carbocycles. The van der Waals surface area contributed by atoms with E-state index in [-0.39, 0.29) is 29.7 Å². The van der Waals surface area contributed by atoms with Gasteiger partial charge in [0, 0.05) is 37.5 Å². The Hall–Kier alpha value is -3.83. The fourth-order valence-corrected chi connectivity index (χ4v) is 3.95. The van der Waals surface area contributed by atoms with Crippen LogP contribution in [0.3, 0.4) is 0 Å². The highest BCUT2D eigenvalue weighted by atomic mass is 16.6. The lowest BCUT2D eigenvalue weighted by atomic mass is 10.1. The molecule has 0 aliphatic carbocycles. The van der Waals surface area contributed by atoms with Gasteiger partial charge in [-0.15, -0.1) is 0 Å². The molecule has 1 saturated heterocycles. The Labute approximate surface area is 195 Å². The molecule has 2 aromatic heterocycles. The number of carbonyl (C=O) groups excluding carboxylic acids is 1. The zero-order valence-corrected chi connectivity index (χ0v) is 18.9. The molecule has 1 aliphatic rings. The molecule has 3 aromatic rings. The molecule has 1 fully saturated rings. The van der Waals surface area contributed by atoms with Gasteiger partial charge in [0.1, 0.15) is 17.2 Å². The summed E-state index contributed by atoms with van der Waals surface area (Å²) in [6.07, 6.45) is 0. The summed E-state index contributed by atoms with van der Waals surface area (Å²) >= 11 is 0. The van der Waals surface area contributed by atoms with Gasteiger partial charge in [0.25, 0.3) is 11.6 Å². The third-order valence-electron chi connectivity index (χ3n) is 5.66. The van der Waals surface area contributed by atoms with Crippen molar-refractivity contribution in [2.45, 2.75) is 19.9 Å². The number of furan rings is 1. The van der Waals surface area contributed by atoms with Crippen molar-refractivity contribution in [1.82, 2.24) is 20.0 Å². The van der Waals surface area contributed by atoms with Gasteiger partial charge >= 0.3 is 0 Å². The van der Waals surface area contributed by atoms with Crippen LogP contribution in [0.1, 0.15) is 33.7 Å². The van der Waals surface area contributed by atoms with Crippen molar-refractivity contribution < 1.29 is 18.9 Å². The first kappa shape index (κ1) is 23.3. The van der Waals surface area contributed by atoms with Gasteiger partial charge in [-0.05, 0) is 32.0 Å². The Kier molecular flexibility index (Phi) is 6.85. The van der Waals surface area contributed by atoms with E-state index in [2.05, 4.69) is 15.3 Å². The van der Waals surface area contributed by atoms with Crippen molar-refractivity contribution in [2.75, 3.05) is 32.8 Å². The zero-order chi connectivity index (χ0) is 24.2. The number of morpholine rings is 1. The first-order valence-corrected chi connectivity index (χ1v) is 10.9. The van der Waals surface area contributed by atoms with Gasteiger partial charge in [-0.25, -0.2) is 4.68 Å². The van der Waals surface area contributed by atoms with Gasteiger partial charge < -0.3 is 14.5 Å². The number of nitrogens with zero attached hydrogens (tertiary/aromatic N) is 4. The Bertz CT molecular complexity index is 1260. The van der Waals surface area contributed by atoms with Crippen LogP contribution in [0.4, 0.5) is 5.69 Å². The highest BCUT2D eigenvalue weighted by molar-refractivity contribution is 5.92. The lowest BCUT2D eigenvalue weighted by Crippen LogP contribution is -2.44. The molecule has 34 heavy (non-hydrogen) atoms. The minimum absolute atomic E-state index is 0.163. The molecule has 1 amide bonds. The number of benzene rings is 1. The van der Waals surface area contributed by atoms with E-state index in [1.54, 1.807) is 13.0 Å². The zero-order valence-electron chi connectivity index (χ0n) is 18.9. The predicted molar refractivity (Wildman–Crippen MR) is 122 cm³/mol. The summed E-state index contributed by atoms with van der Waals surface area (Å²) in [5.41, 5.74) is -0.570. The average molecular weight is 467 g/mol. The van der Waals surface area contributed by atoms with Gasteiger partial charge in [0.2, 0.25) is 5.43 Å². The first-order chi connectivity index (χ1) is 16.3. The lowest BCUT2D eigenvalue weighted by Gasteiger charge is -2.33. The summed E-state index contributed by atoms with van der Waals surface area (Å²) in [5, 5.41) is 18.4. The van der Waals surface area contributed by atoms with E-state index in [1.165, 1.54) is 28.9 Å². The fraction of sp³-hybridized carbons (Fsp3) is 0.348. The number of aromatic nitrogens is 2. The van der Waals surface area contributed by atoms with Crippen LogP contribution < -0.4 is 10.7 Å². The summed E-state index contributed by atoms with van der Waals surface area (Å²) in [4.78, 5) is 38.7. The molecule has 11 nitrogen and oxygen atoms in total. The van der Waals surface area contributed by atoms with Gasteiger partial charge in [0.05, 0.1) is 24.2 Å². The van der Waals surface area contributed by atoms with Gasteiger partial charge in [-0.2, -0.15) is 5.10 Å². The maximum absolute atomic E-state index is 13.0. The second kappa shape index (κ2) is 9.98. The van der Waals surface area contributed by atoms with E-state index in [1.807, 2.05) is 19.1 Å². The number of aryl methyl sites for hydroxylation is 2. The molecule has 0 bridgehead atoms. The summed E-state index contributed by atoms with van der Waals surface area (Å²) in [5.74, 6) is 0.792. The molecule has 4 rings (SSSR count). The molecular formula is C23H25N5O6. The number of nitrogens with one attached hydrogen (secondary N) is 1. The van der Waals surface area contributed by atoms with Crippen LogP contribution in [0.2, 0.25) is 0 Å². The smallest absolute Gasteiger partial charge is 0.294 e. The maximum Gasteiger partial charge on any atom is 0.294 e. The summed E-state index contributed by atoms with van der Waals surface area (Å²) in [6, 6.07) is 10.7. The van der Waals surface area contributed by atoms with Crippen LogP contribution in [0.5, 0.6) is 0 Å². The van der Waals surface area contributed by atoms with Crippen molar-refractivity contribution in [2.24, 2.45) is 0 Å². The highest BCUT2D eigenvalue weighted by Gasteiger charge is 2.27. The molecular weight excluding hydrogens is 442 g/mol. The number of para-hydroxylation sites is 2. The van der Waals surface area contributed by atoms with Crippen LogP contribution in [0.15, 0.2) is 51.7 Å². The normalized spacial score (nSPS) is 15.1. The van der Waals surface area contributed by atoms with Crippen molar-refractivity contribution in [3.05, 3.63) is 85.7 Å². The van der Waals surface area contributed by atoms with E-state index in [0.717, 1.165) is 5.76 Å². The molecule has 0 radical (unpaired) electrons. The van der Waals surface area contributed by atoms with Crippen molar-refractivity contribution >= 4 is 11.6 Å². The molecule has 1 unspecified atom stereocenters. The van der Waals surface area contributed by atoms with E-state index >= 15 is 0 Å². The fourth-order valence-electron chi connectivity index (χ4n) is 3.95. The molecule has 1 atom stereocenters. The molecule has 1 N–H and O–H groups in total. The molecule has 0 spiro atoms. The summed E-state index contributed by atoms with van der Waals surface area (Å²) in [6.45, 7) is 6.13. The van der Waals surface area contributed by atoms with Crippen molar-refractivity contribution in [3.8, 4) is 5.69 Å². The Morgan fingerprint density at radius 1 is 1.21 bits per heavy atom. The minimum Gasteiger partial charge on any atom is -0.465 e. The second-order valence-electron chi connectivity index (χ2n) is 7.98. The van der Waals surface area contributed by atoms with Gasteiger partial charge in [0.15, 0.2) is 5.69 Å². The molecule has 0 saturated carbocycles. The molecule has 11 heteroatoms. The number of nitro groups is 1. The van der Waals surface area contributed by atoms with Crippen molar-refractivity contribution in [3.63, 3.8) is 0 Å². The predicted octanol–water partition coefficient (Wildman–Crippen LogP) is 2.15. The Balaban J connectivity index is 1.61. The number of hydrogen-bond acceptors (Lipinski definition) is 8. The first-order valence-electron chi connectivity index (χ1n) is 10.9. The second-order valence-corrected chi connectivity index (χ2v) is 7.98. The van der Waals surface area contributed by atoms with E-state index in [0.29, 0.717) is 37.8 Å². The number of carbonyl (C=O) groups is 1. The number of rotatable bonds is 7. The minimum atomic E-state index is -0.668. The van der Waals surface area contributed by atoms with Crippen LogP contribution >= 0.6 is 0 Å². The number of ether oxygens (including phenoxy) is 1. The highest BCUT2D eigenvalue weighted by Crippen LogP contribution is 2.24. The topological polar surface area (TPSA) is 133 Å². The number of nitro benzene ring substituents is 1. The number of amides is 1. The average Bonchev–Trinajstić information content (AvgIpc) is 3.25. The lowest BCUT2D eigenvalue weighted by molar-refractivity contribution is -0.384. The van der Waals surface area contributed by atoms with Crippen LogP contribution in [-0.2, 0) is 4.74 Å². The van der Waals surface area contributed by atoms with Crippen LogP contribution in [0.25, 0.3) is 5.69 Å². The van der Waals surface area contributed by atoms with Gasteiger partial charge in [-0.3, -0.25) is 24.6 Å². The maximum atomic E-state index is 13.0. The Morgan fingerprint density at radius 2 is 1.94 bits per heavy atom. The summed E-state index contributed by atoms with van der Waals surface area (Å²) in [7, 11) is 0. The third-order valence-corrected chi connectivity index (χ3v) is 5.66. The third kappa shape index (κ3) is 4.90. The quantitative estimate of drug-likeness (QED) is 0.413. The summed E-state index contributed by atoms with van der Waals surface area (Å²) < 4.78 is 12.5.